The Balaban J connectivity index is 3.14. The molecule has 0 bridgehead atoms. The SMILES string of the molecule is O=c1c(O)cccc2cc(F)c(O)c(O)c12. The highest BCUT2D eigenvalue weighted by molar-refractivity contribution is 5.90. The highest BCUT2D eigenvalue weighted by atomic mass is 19.1. The third kappa shape index (κ3) is 1.33. The van der Waals surface area contributed by atoms with Crippen molar-refractivity contribution in [3.05, 3.63) is 40.3 Å². The summed E-state index contributed by atoms with van der Waals surface area (Å²) < 4.78 is 13.1. The second-order valence-electron chi connectivity index (χ2n) is 3.26. The molecule has 3 N–H and O–H groups in total. The third-order valence-electron chi connectivity index (χ3n) is 2.25. The minimum atomic E-state index is -1.03. The van der Waals surface area contributed by atoms with Crippen LogP contribution in [0, 0.1) is 5.82 Å². The Hall–Kier alpha value is -2.30. The smallest absolute Gasteiger partial charge is 0.231 e. The second kappa shape index (κ2) is 3.37. The summed E-state index contributed by atoms with van der Waals surface area (Å²) in [6, 6.07) is 4.72. The summed E-state index contributed by atoms with van der Waals surface area (Å²) in [6.07, 6.45) is 0. The Morgan fingerprint density at radius 3 is 2.44 bits per heavy atom. The van der Waals surface area contributed by atoms with E-state index in [1.54, 1.807) is 0 Å². The van der Waals surface area contributed by atoms with Gasteiger partial charge in [-0.1, -0.05) is 12.1 Å². The van der Waals surface area contributed by atoms with Gasteiger partial charge in [0.25, 0.3) is 0 Å². The standard InChI is InChI=1S/C11H7FO4/c12-6-4-5-2-1-3-7(13)10(15)8(5)11(16)9(6)14/h1-4,14,16H,(H,13,15). The first kappa shape index (κ1) is 10.2. The largest absolute Gasteiger partial charge is 0.504 e. The molecular formula is C11H7FO4. The topological polar surface area (TPSA) is 77.8 Å². The summed E-state index contributed by atoms with van der Waals surface area (Å²) in [5, 5.41) is 27.7. The molecule has 0 saturated heterocycles. The van der Waals surface area contributed by atoms with Gasteiger partial charge in [0.2, 0.25) is 5.43 Å². The van der Waals surface area contributed by atoms with Crippen molar-refractivity contribution in [2.75, 3.05) is 0 Å². The van der Waals surface area contributed by atoms with Crippen LogP contribution >= 0.6 is 0 Å². The summed E-state index contributed by atoms with van der Waals surface area (Å²) in [6.45, 7) is 0. The number of hydrogen-bond acceptors (Lipinski definition) is 4. The van der Waals surface area contributed by atoms with Crippen LogP contribution in [0.1, 0.15) is 0 Å². The average Bonchev–Trinajstić information content (AvgIpc) is 2.37. The minimum absolute atomic E-state index is 0.0955. The van der Waals surface area contributed by atoms with Gasteiger partial charge in [-0.25, -0.2) is 4.39 Å². The van der Waals surface area contributed by atoms with Crippen molar-refractivity contribution in [2.45, 2.75) is 0 Å². The third-order valence-corrected chi connectivity index (χ3v) is 2.25. The van der Waals surface area contributed by atoms with Crippen LogP contribution in [0.4, 0.5) is 4.39 Å². The summed E-state index contributed by atoms with van der Waals surface area (Å²) in [5.74, 6) is -3.49. The van der Waals surface area contributed by atoms with Gasteiger partial charge in [0.15, 0.2) is 23.1 Å². The van der Waals surface area contributed by atoms with Gasteiger partial charge >= 0.3 is 0 Å². The maximum Gasteiger partial charge on any atom is 0.231 e. The first-order chi connectivity index (χ1) is 7.52. The van der Waals surface area contributed by atoms with Crippen LogP contribution in [0.15, 0.2) is 29.1 Å². The average molecular weight is 222 g/mol. The lowest BCUT2D eigenvalue weighted by molar-refractivity contribution is 0.383. The summed E-state index contributed by atoms with van der Waals surface area (Å²) in [5.41, 5.74) is -0.868. The number of phenols is 2. The van der Waals surface area contributed by atoms with Crippen molar-refractivity contribution in [2.24, 2.45) is 0 Å². The molecule has 5 heteroatoms. The van der Waals surface area contributed by atoms with Crippen molar-refractivity contribution in [3.63, 3.8) is 0 Å². The number of halogens is 1. The molecule has 16 heavy (non-hydrogen) atoms. The fourth-order valence-electron chi connectivity index (χ4n) is 1.46. The molecule has 0 aliphatic heterocycles. The molecule has 2 aromatic rings. The fourth-order valence-corrected chi connectivity index (χ4v) is 1.46. The van der Waals surface area contributed by atoms with Crippen LogP contribution < -0.4 is 5.43 Å². The van der Waals surface area contributed by atoms with E-state index in [-0.39, 0.29) is 10.8 Å². The van der Waals surface area contributed by atoms with E-state index >= 15 is 0 Å². The monoisotopic (exact) mass is 222 g/mol. The highest BCUT2D eigenvalue weighted by Gasteiger charge is 2.14. The molecule has 0 amide bonds. The van der Waals surface area contributed by atoms with E-state index in [1.165, 1.54) is 12.1 Å². The molecule has 0 radical (unpaired) electrons. The lowest BCUT2D eigenvalue weighted by Gasteiger charge is -2.01. The molecule has 0 atom stereocenters. The maximum absolute atomic E-state index is 13.1. The van der Waals surface area contributed by atoms with E-state index < -0.39 is 28.5 Å². The molecule has 82 valence electrons. The molecule has 0 fully saturated rings. The molecule has 2 aromatic carbocycles. The highest BCUT2D eigenvalue weighted by Crippen LogP contribution is 2.34. The van der Waals surface area contributed by atoms with Crippen LogP contribution in [0.2, 0.25) is 0 Å². The fraction of sp³-hybridized carbons (Fsp3) is 0. The second-order valence-corrected chi connectivity index (χ2v) is 3.26. The summed E-state index contributed by atoms with van der Waals surface area (Å²) in [4.78, 5) is 11.6. The predicted molar refractivity (Wildman–Crippen MR) is 55.2 cm³/mol. The lowest BCUT2D eigenvalue weighted by Crippen LogP contribution is -1.98. The van der Waals surface area contributed by atoms with Crippen molar-refractivity contribution in [3.8, 4) is 17.2 Å². The quantitative estimate of drug-likeness (QED) is 0.589. The maximum atomic E-state index is 13.1. The summed E-state index contributed by atoms with van der Waals surface area (Å²) in [7, 11) is 0. The van der Waals surface area contributed by atoms with Gasteiger partial charge in [-0.3, -0.25) is 4.79 Å². The van der Waals surface area contributed by atoms with Gasteiger partial charge in [0.1, 0.15) is 0 Å². The number of fused-ring (bicyclic) bond motifs is 1. The van der Waals surface area contributed by atoms with Crippen LogP contribution in [0.25, 0.3) is 10.8 Å². The van der Waals surface area contributed by atoms with E-state index in [4.69, 9.17) is 5.11 Å². The molecule has 0 aliphatic carbocycles. The van der Waals surface area contributed by atoms with Crippen LogP contribution in [0.5, 0.6) is 17.2 Å². The molecular weight excluding hydrogens is 215 g/mol. The van der Waals surface area contributed by atoms with E-state index in [1.807, 2.05) is 0 Å². The Kier molecular flexibility index (Phi) is 2.16. The minimum Gasteiger partial charge on any atom is -0.504 e. The molecule has 2 rings (SSSR count). The van der Waals surface area contributed by atoms with E-state index in [2.05, 4.69) is 0 Å². The first-order valence-corrected chi connectivity index (χ1v) is 4.39. The molecule has 0 saturated carbocycles. The lowest BCUT2D eigenvalue weighted by atomic mass is 10.1. The van der Waals surface area contributed by atoms with Crippen molar-refractivity contribution >= 4 is 10.8 Å². The van der Waals surface area contributed by atoms with Gasteiger partial charge in [0, 0.05) is 0 Å². The molecule has 0 aromatic heterocycles. The van der Waals surface area contributed by atoms with E-state index in [0.29, 0.717) is 0 Å². The Morgan fingerprint density at radius 2 is 1.75 bits per heavy atom. The van der Waals surface area contributed by atoms with Crippen molar-refractivity contribution in [1.82, 2.24) is 0 Å². The normalized spacial score (nSPS) is 10.6. The number of rotatable bonds is 0. The zero-order valence-electron chi connectivity index (χ0n) is 7.94. The van der Waals surface area contributed by atoms with Crippen LogP contribution in [0.3, 0.4) is 0 Å². The van der Waals surface area contributed by atoms with Gasteiger partial charge in [-0.05, 0) is 17.5 Å². The summed E-state index contributed by atoms with van der Waals surface area (Å²) >= 11 is 0. The van der Waals surface area contributed by atoms with E-state index in [0.717, 1.165) is 12.1 Å². The van der Waals surface area contributed by atoms with Crippen LogP contribution in [-0.4, -0.2) is 15.3 Å². The van der Waals surface area contributed by atoms with Gasteiger partial charge in [0.05, 0.1) is 5.39 Å². The van der Waals surface area contributed by atoms with Crippen molar-refractivity contribution in [1.29, 1.82) is 0 Å². The molecule has 0 unspecified atom stereocenters. The molecule has 0 spiro atoms. The Bertz CT molecular complexity index is 637. The molecule has 0 aliphatic rings. The van der Waals surface area contributed by atoms with E-state index in [9.17, 15) is 19.4 Å². The van der Waals surface area contributed by atoms with Crippen molar-refractivity contribution < 1.29 is 19.7 Å². The van der Waals surface area contributed by atoms with Crippen LogP contribution in [-0.2, 0) is 0 Å². The predicted octanol–water partition coefficient (Wildman–Crippen LogP) is 1.46. The molecule has 4 nitrogen and oxygen atoms in total. The van der Waals surface area contributed by atoms with Gasteiger partial charge in [-0.2, -0.15) is 0 Å². The van der Waals surface area contributed by atoms with Gasteiger partial charge in [-0.15, -0.1) is 0 Å². The number of benzene rings is 1. The zero-order valence-corrected chi connectivity index (χ0v) is 7.94. The zero-order chi connectivity index (χ0) is 11.9. The van der Waals surface area contributed by atoms with Gasteiger partial charge < -0.3 is 15.3 Å². The number of aromatic hydroxyl groups is 3. The number of phenolic OH excluding ortho intramolecular Hbond substituents is 2. The number of hydrogen-bond donors (Lipinski definition) is 3. The molecule has 0 heterocycles. The Morgan fingerprint density at radius 1 is 1.06 bits per heavy atom. The Labute approximate surface area is 88.8 Å². The first-order valence-electron chi connectivity index (χ1n) is 4.39.